The van der Waals surface area contributed by atoms with Gasteiger partial charge < -0.3 is 14.2 Å². The molecule has 216 valence electrons. The highest BCUT2D eigenvalue weighted by Gasteiger charge is 2.12. The third kappa shape index (κ3) is 27.4. The lowest BCUT2D eigenvalue weighted by molar-refractivity contribution is -0.00489. The van der Waals surface area contributed by atoms with E-state index in [0.29, 0.717) is 26.3 Å². The number of rotatable bonds is 30. The molecule has 0 amide bonds. The Kier molecular flexibility index (Phi) is 29.5. The molecule has 0 saturated heterocycles. The second-order valence-corrected chi connectivity index (χ2v) is 9.90. The summed E-state index contributed by atoms with van der Waals surface area (Å²) in [5.41, 5.74) is 16.8. The van der Waals surface area contributed by atoms with Crippen LogP contribution in [0.5, 0.6) is 0 Å². The minimum atomic E-state index is 0.239. The maximum Gasteiger partial charge on any atom is 0.0597 e. The fourth-order valence-corrected chi connectivity index (χ4v) is 4.26. The minimum Gasteiger partial charge on any atom is -0.381 e. The smallest absolute Gasteiger partial charge is 0.0597 e. The molecule has 0 radical (unpaired) electrons. The average Bonchev–Trinajstić information content (AvgIpc) is 2.91. The quantitative estimate of drug-likeness (QED) is 0.0402. The van der Waals surface area contributed by atoms with Crippen LogP contribution in [0.3, 0.4) is 0 Å². The predicted molar refractivity (Wildman–Crippen MR) is 153 cm³/mol. The Balaban J connectivity index is 4.30. The van der Waals surface area contributed by atoms with Crippen molar-refractivity contribution < 1.29 is 14.2 Å². The Morgan fingerprint density at radius 2 is 0.946 bits per heavy atom. The van der Waals surface area contributed by atoms with Gasteiger partial charge >= 0.3 is 0 Å². The van der Waals surface area contributed by atoms with Crippen LogP contribution in [0.4, 0.5) is 0 Å². The minimum absolute atomic E-state index is 0.239. The van der Waals surface area contributed by atoms with Gasteiger partial charge in [-0.15, -0.1) is 0 Å². The fraction of sp³-hybridized carbons (Fsp3) is 1.00. The second kappa shape index (κ2) is 30.7. The van der Waals surface area contributed by atoms with Crippen molar-refractivity contribution in [1.29, 1.82) is 0 Å². The Morgan fingerprint density at radius 3 is 1.35 bits per heavy atom. The van der Waals surface area contributed by atoms with Crippen LogP contribution in [-0.4, -0.2) is 51.7 Å². The summed E-state index contributed by atoms with van der Waals surface area (Å²) in [7, 11) is 0. The normalized spacial score (nSPS) is 12.6. The van der Waals surface area contributed by atoms with Crippen molar-refractivity contribution >= 4 is 0 Å². The van der Waals surface area contributed by atoms with E-state index in [1.54, 1.807) is 0 Å². The molecule has 0 saturated carbocycles. The van der Waals surface area contributed by atoms with E-state index >= 15 is 0 Å². The molecule has 0 aliphatic heterocycles. The molecule has 0 bridgehead atoms. The molecule has 0 aromatic rings. The molecule has 0 N–H and O–H groups in total. The number of ether oxygens (including phenoxy) is 3. The van der Waals surface area contributed by atoms with Crippen molar-refractivity contribution in [2.24, 2.45) is 10.2 Å². The molecule has 0 heterocycles. The van der Waals surface area contributed by atoms with Crippen molar-refractivity contribution in [1.82, 2.24) is 0 Å². The lowest BCUT2D eigenvalue weighted by atomic mass is 10.1. The van der Waals surface area contributed by atoms with E-state index in [9.17, 15) is 0 Å². The predicted octanol–water partition coefficient (Wildman–Crippen LogP) is 9.46. The molecule has 2 unspecified atom stereocenters. The van der Waals surface area contributed by atoms with E-state index in [-0.39, 0.29) is 12.2 Å². The molecule has 2 atom stereocenters. The lowest BCUT2D eigenvalue weighted by Crippen LogP contribution is -2.19. The maximum atomic E-state index is 8.40. The topological polar surface area (TPSA) is 125 Å². The van der Waals surface area contributed by atoms with Crippen LogP contribution >= 0.6 is 0 Å². The number of azide groups is 2. The van der Waals surface area contributed by atoms with Crippen molar-refractivity contribution in [3.05, 3.63) is 20.9 Å². The molecule has 9 heteroatoms. The van der Waals surface area contributed by atoms with Crippen LogP contribution < -0.4 is 0 Å². The highest BCUT2D eigenvalue weighted by Crippen LogP contribution is 2.15. The Morgan fingerprint density at radius 1 is 0.514 bits per heavy atom. The molecule has 0 aliphatic rings. The van der Waals surface area contributed by atoms with E-state index in [2.05, 4.69) is 33.9 Å². The zero-order valence-electron chi connectivity index (χ0n) is 24.0. The Hall–Kier alpha value is -1.50. The SMILES string of the molecule is CCCCCCOC(CCCCCN=[N+]=[N-])CCOCCC(CCCCCN=[N+]=[N-])OCCCCCC. The highest BCUT2D eigenvalue weighted by molar-refractivity contribution is 4.63. The summed E-state index contributed by atoms with van der Waals surface area (Å²) in [4.78, 5) is 5.64. The van der Waals surface area contributed by atoms with E-state index in [1.807, 2.05) is 0 Å². The zero-order valence-corrected chi connectivity index (χ0v) is 24.0. The first kappa shape index (κ1) is 35.5. The summed E-state index contributed by atoms with van der Waals surface area (Å²) in [6.45, 7) is 8.71. The molecule has 0 aromatic carbocycles. The number of unbranched alkanes of at least 4 members (excludes halogenated alkanes) is 10. The van der Waals surface area contributed by atoms with Crippen LogP contribution in [0.1, 0.15) is 129 Å². The second-order valence-electron chi connectivity index (χ2n) is 9.90. The van der Waals surface area contributed by atoms with Crippen LogP contribution in [0.15, 0.2) is 10.2 Å². The van der Waals surface area contributed by atoms with E-state index in [0.717, 1.165) is 90.3 Å². The summed E-state index contributed by atoms with van der Waals surface area (Å²) in [5, 5.41) is 7.24. The maximum absolute atomic E-state index is 8.40. The van der Waals surface area contributed by atoms with E-state index in [4.69, 9.17) is 25.3 Å². The molecule has 37 heavy (non-hydrogen) atoms. The summed E-state index contributed by atoms with van der Waals surface area (Å²) in [6, 6.07) is 0. The highest BCUT2D eigenvalue weighted by atomic mass is 16.5. The van der Waals surface area contributed by atoms with Crippen molar-refractivity contribution in [3.63, 3.8) is 0 Å². The standard InChI is InChI=1S/C28H56N6O3/c1-3-5-7-15-23-36-27(17-11-9-13-21-31-33-29)19-25-35-26-20-28(37-24-16-8-6-4-2)18-12-10-14-22-32-34-30/h27-28H,3-26H2,1-2H3. The van der Waals surface area contributed by atoms with Gasteiger partial charge in [-0.2, -0.15) is 0 Å². The molecule has 0 rings (SSSR count). The van der Waals surface area contributed by atoms with Gasteiger partial charge in [0, 0.05) is 49.3 Å². The van der Waals surface area contributed by atoms with Gasteiger partial charge in [0.05, 0.1) is 12.2 Å². The largest absolute Gasteiger partial charge is 0.381 e. The zero-order chi connectivity index (χ0) is 27.1. The first-order valence-electron chi connectivity index (χ1n) is 15.1. The van der Waals surface area contributed by atoms with Gasteiger partial charge in [0.1, 0.15) is 0 Å². The van der Waals surface area contributed by atoms with Gasteiger partial charge in [0.2, 0.25) is 0 Å². The average molecular weight is 525 g/mol. The molecule has 0 fully saturated rings. The van der Waals surface area contributed by atoms with Gasteiger partial charge in [0.15, 0.2) is 0 Å². The van der Waals surface area contributed by atoms with Gasteiger partial charge in [-0.3, -0.25) is 0 Å². The molecule has 0 spiro atoms. The number of hydrogen-bond acceptors (Lipinski definition) is 5. The van der Waals surface area contributed by atoms with Gasteiger partial charge in [-0.25, -0.2) is 0 Å². The lowest BCUT2D eigenvalue weighted by Gasteiger charge is -2.20. The molecule has 9 nitrogen and oxygen atoms in total. The molecular formula is C28H56N6O3. The Labute approximate surface area is 226 Å². The first-order chi connectivity index (χ1) is 18.3. The molecular weight excluding hydrogens is 468 g/mol. The van der Waals surface area contributed by atoms with Crippen molar-refractivity contribution in [2.75, 3.05) is 39.5 Å². The van der Waals surface area contributed by atoms with Crippen molar-refractivity contribution in [3.8, 4) is 0 Å². The summed E-state index contributed by atoms with van der Waals surface area (Å²) < 4.78 is 18.4. The van der Waals surface area contributed by atoms with Gasteiger partial charge in [-0.05, 0) is 62.4 Å². The third-order valence-electron chi connectivity index (χ3n) is 6.57. The molecule has 0 aliphatic carbocycles. The monoisotopic (exact) mass is 524 g/mol. The number of hydrogen-bond donors (Lipinski definition) is 0. The van der Waals surface area contributed by atoms with Crippen LogP contribution in [0.2, 0.25) is 0 Å². The fourth-order valence-electron chi connectivity index (χ4n) is 4.26. The Bertz CT molecular complexity index is 520. The summed E-state index contributed by atoms with van der Waals surface area (Å²) in [5.74, 6) is 0. The van der Waals surface area contributed by atoms with Crippen LogP contribution in [0, 0.1) is 0 Å². The summed E-state index contributed by atoms with van der Waals surface area (Å²) >= 11 is 0. The van der Waals surface area contributed by atoms with E-state index in [1.165, 1.54) is 38.5 Å². The number of nitrogens with zero attached hydrogens (tertiary/aromatic N) is 6. The molecule has 0 aromatic heterocycles. The first-order valence-corrected chi connectivity index (χ1v) is 15.1. The third-order valence-corrected chi connectivity index (χ3v) is 6.57. The van der Waals surface area contributed by atoms with Gasteiger partial charge in [-0.1, -0.05) is 88.3 Å². The van der Waals surface area contributed by atoms with Crippen LogP contribution in [0.25, 0.3) is 20.9 Å². The van der Waals surface area contributed by atoms with Gasteiger partial charge in [0.25, 0.3) is 0 Å². The van der Waals surface area contributed by atoms with E-state index < -0.39 is 0 Å². The summed E-state index contributed by atoms with van der Waals surface area (Å²) in [6.07, 6.45) is 20.3. The van der Waals surface area contributed by atoms with Crippen molar-refractivity contribution in [2.45, 2.75) is 142 Å². The van der Waals surface area contributed by atoms with Crippen LogP contribution in [-0.2, 0) is 14.2 Å².